The zero-order valence-corrected chi connectivity index (χ0v) is 20.6. The lowest BCUT2D eigenvalue weighted by molar-refractivity contribution is -0.153. The van der Waals surface area contributed by atoms with E-state index in [1.54, 1.807) is 0 Å². The van der Waals surface area contributed by atoms with Crippen LogP contribution in [0.5, 0.6) is 11.6 Å². The van der Waals surface area contributed by atoms with Gasteiger partial charge in [-0.25, -0.2) is 9.37 Å². The van der Waals surface area contributed by atoms with Crippen molar-refractivity contribution in [3.8, 4) is 34.1 Å². The Morgan fingerprint density at radius 3 is 2.44 bits per heavy atom. The SMILES string of the molecule is C=CNC(=O)c1cc(-c2cc3c(C(=O)NC)c(-c4ccc(F)cc4)oc3cc2OCC(F)(F)F)cnc1OC. The molecule has 202 valence electrons. The van der Waals surface area contributed by atoms with Crippen molar-refractivity contribution in [3.63, 3.8) is 0 Å². The number of nitrogens with zero attached hydrogens (tertiary/aromatic N) is 1. The molecule has 4 aromatic rings. The Morgan fingerprint density at radius 2 is 1.82 bits per heavy atom. The lowest BCUT2D eigenvalue weighted by Crippen LogP contribution is -2.20. The van der Waals surface area contributed by atoms with Crippen molar-refractivity contribution in [3.05, 3.63) is 78.4 Å². The standard InChI is InChI=1S/C27H21F4N3O5/c1-4-33-24(35)19-9-15(12-34-26(19)37-3)17-10-18-21(11-20(17)38-13-27(29,30)31)39-23(22(18)25(36)32-2)14-5-7-16(28)8-6-14/h4-12H,1,13H2,2-3H3,(H,32,36)(H,33,35). The van der Waals surface area contributed by atoms with Crippen LogP contribution in [0.1, 0.15) is 20.7 Å². The van der Waals surface area contributed by atoms with Crippen molar-refractivity contribution in [2.24, 2.45) is 0 Å². The third-order valence-electron chi connectivity index (χ3n) is 5.58. The first kappa shape index (κ1) is 27.2. The molecule has 2 aromatic carbocycles. The van der Waals surface area contributed by atoms with Gasteiger partial charge in [0, 0.05) is 41.4 Å². The minimum Gasteiger partial charge on any atom is -0.483 e. The average molecular weight is 543 g/mol. The summed E-state index contributed by atoms with van der Waals surface area (Å²) in [5.41, 5.74) is 0.721. The monoisotopic (exact) mass is 543 g/mol. The molecular weight excluding hydrogens is 522 g/mol. The number of alkyl halides is 3. The van der Waals surface area contributed by atoms with E-state index in [2.05, 4.69) is 22.2 Å². The van der Waals surface area contributed by atoms with Gasteiger partial charge in [0.05, 0.1) is 12.7 Å². The van der Waals surface area contributed by atoms with Gasteiger partial charge in [-0.1, -0.05) is 6.58 Å². The molecule has 0 bridgehead atoms. The molecule has 0 radical (unpaired) electrons. The summed E-state index contributed by atoms with van der Waals surface area (Å²) >= 11 is 0. The highest BCUT2D eigenvalue weighted by molar-refractivity contribution is 6.12. The number of ether oxygens (including phenoxy) is 2. The van der Waals surface area contributed by atoms with Crippen molar-refractivity contribution in [2.75, 3.05) is 20.8 Å². The fourth-order valence-electron chi connectivity index (χ4n) is 3.88. The molecule has 0 saturated carbocycles. The number of amides is 2. The van der Waals surface area contributed by atoms with E-state index in [0.29, 0.717) is 5.56 Å². The van der Waals surface area contributed by atoms with Crippen LogP contribution in [0, 0.1) is 5.82 Å². The van der Waals surface area contributed by atoms with Gasteiger partial charge in [0.25, 0.3) is 11.8 Å². The molecule has 0 atom stereocenters. The van der Waals surface area contributed by atoms with E-state index in [4.69, 9.17) is 13.9 Å². The summed E-state index contributed by atoms with van der Waals surface area (Å²) < 4.78 is 69.0. The Labute approximate surface area is 219 Å². The molecule has 0 aliphatic rings. The maximum atomic E-state index is 13.5. The number of halogens is 4. The Hall–Kier alpha value is -4.87. The van der Waals surface area contributed by atoms with E-state index in [1.807, 2.05) is 0 Å². The number of hydrogen-bond donors (Lipinski definition) is 2. The van der Waals surface area contributed by atoms with E-state index in [9.17, 15) is 27.2 Å². The Kier molecular flexibility index (Phi) is 7.56. The number of benzene rings is 2. The molecule has 0 fully saturated rings. The fourth-order valence-corrected chi connectivity index (χ4v) is 3.88. The third kappa shape index (κ3) is 5.69. The van der Waals surface area contributed by atoms with Gasteiger partial charge in [0.1, 0.15) is 28.5 Å². The topological polar surface area (TPSA) is 103 Å². The molecular formula is C27H21F4N3O5. The molecule has 8 nitrogen and oxygen atoms in total. The molecule has 2 N–H and O–H groups in total. The molecule has 2 heterocycles. The Balaban J connectivity index is 1.99. The Morgan fingerprint density at radius 1 is 1.10 bits per heavy atom. The Bertz CT molecular complexity index is 1560. The van der Waals surface area contributed by atoms with Gasteiger partial charge in [0.2, 0.25) is 5.88 Å². The molecule has 39 heavy (non-hydrogen) atoms. The van der Waals surface area contributed by atoms with Crippen LogP contribution < -0.4 is 20.1 Å². The summed E-state index contributed by atoms with van der Waals surface area (Å²) in [7, 11) is 2.70. The summed E-state index contributed by atoms with van der Waals surface area (Å²) in [4.78, 5) is 29.6. The van der Waals surface area contributed by atoms with E-state index in [0.717, 1.165) is 6.20 Å². The van der Waals surface area contributed by atoms with Crippen LogP contribution in [0.25, 0.3) is 33.4 Å². The smallest absolute Gasteiger partial charge is 0.422 e. The lowest BCUT2D eigenvalue weighted by Gasteiger charge is -2.15. The van der Waals surface area contributed by atoms with Crippen molar-refractivity contribution in [1.29, 1.82) is 0 Å². The first-order chi connectivity index (χ1) is 18.6. The van der Waals surface area contributed by atoms with E-state index >= 15 is 0 Å². The van der Waals surface area contributed by atoms with Crippen LogP contribution in [0.3, 0.4) is 0 Å². The average Bonchev–Trinajstić information content (AvgIpc) is 3.29. The molecule has 2 aromatic heterocycles. The number of pyridine rings is 1. The first-order valence-corrected chi connectivity index (χ1v) is 11.3. The highest BCUT2D eigenvalue weighted by Gasteiger charge is 2.30. The highest BCUT2D eigenvalue weighted by Crippen LogP contribution is 2.41. The maximum absolute atomic E-state index is 13.5. The maximum Gasteiger partial charge on any atom is 0.422 e. The van der Waals surface area contributed by atoms with Crippen molar-refractivity contribution in [2.45, 2.75) is 6.18 Å². The summed E-state index contributed by atoms with van der Waals surface area (Å²) in [6, 6.07) is 9.13. The summed E-state index contributed by atoms with van der Waals surface area (Å²) in [5.74, 6) is -1.90. The number of methoxy groups -OCH3 is 1. The number of nitrogens with one attached hydrogen (secondary N) is 2. The summed E-state index contributed by atoms with van der Waals surface area (Å²) in [5, 5.41) is 5.13. The molecule has 0 aliphatic carbocycles. The molecule has 2 amide bonds. The van der Waals surface area contributed by atoms with Gasteiger partial charge < -0.3 is 24.5 Å². The number of carbonyl (C=O) groups is 2. The van der Waals surface area contributed by atoms with Gasteiger partial charge in [-0.05, 0) is 42.6 Å². The normalized spacial score (nSPS) is 11.2. The lowest BCUT2D eigenvalue weighted by atomic mass is 9.99. The minimum atomic E-state index is -4.66. The second kappa shape index (κ2) is 10.9. The molecule has 0 unspecified atom stereocenters. The van der Waals surface area contributed by atoms with Crippen LogP contribution in [0.2, 0.25) is 0 Å². The van der Waals surface area contributed by atoms with Gasteiger partial charge in [-0.15, -0.1) is 0 Å². The van der Waals surface area contributed by atoms with Crippen LogP contribution in [-0.4, -0.2) is 43.7 Å². The largest absolute Gasteiger partial charge is 0.483 e. The van der Waals surface area contributed by atoms with Crippen molar-refractivity contribution in [1.82, 2.24) is 15.6 Å². The second-order valence-corrected chi connectivity index (χ2v) is 8.10. The predicted molar refractivity (Wildman–Crippen MR) is 134 cm³/mol. The number of aromatic nitrogens is 1. The minimum absolute atomic E-state index is 0.0255. The van der Waals surface area contributed by atoms with Crippen molar-refractivity contribution >= 4 is 22.8 Å². The van der Waals surface area contributed by atoms with Crippen LogP contribution >= 0.6 is 0 Å². The van der Waals surface area contributed by atoms with Gasteiger partial charge in [-0.2, -0.15) is 13.2 Å². The van der Waals surface area contributed by atoms with Crippen molar-refractivity contribution < 1.29 is 41.0 Å². The summed E-state index contributed by atoms with van der Waals surface area (Å²) in [6.07, 6.45) is -2.22. The van der Waals surface area contributed by atoms with Gasteiger partial charge in [0.15, 0.2) is 6.61 Å². The van der Waals surface area contributed by atoms with E-state index < -0.39 is 30.4 Å². The highest BCUT2D eigenvalue weighted by atomic mass is 19.4. The van der Waals surface area contributed by atoms with Gasteiger partial charge >= 0.3 is 6.18 Å². The number of hydrogen-bond acceptors (Lipinski definition) is 6. The van der Waals surface area contributed by atoms with Gasteiger partial charge in [-0.3, -0.25) is 9.59 Å². The number of furan rings is 1. The number of rotatable bonds is 8. The molecule has 0 saturated heterocycles. The molecule has 0 spiro atoms. The summed E-state index contributed by atoms with van der Waals surface area (Å²) in [6.45, 7) is 1.82. The third-order valence-corrected chi connectivity index (χ3v) is 5.58. The predicted octanol–water partition coefficient (Wildman–Crippen LogP) is 5.48. The molecule has 4 rings (SSSR count). The van der Waals surface area contributed by atoms with E-state index in [1.165, 1.54) is 62.8 Å². The number of carbonyl (C=O) groups excluding carboxylic acids is 2. The second-order valence-electron chi connectivity index (χ2n) is 8.10. The zero-order chi connectivity index (χ0) is 28.3. The molecule has 12 heteroatoms. The fraction of sp³-hybridized carbons (Fsp3) is 0.148. The van der Waals surface area contributed by atoms with Crippen LogP contribution in [0.15, 0.2) is 65.9 Å². The van der Waals surface area contributed by atoms with Crippen LogP contribution in [-0.2, 0) is 0 Å². The van der Waals surface area contributed by atoms with Crippen LogP contribution in [0.4, 0.5) is 17.6 Å². The molecule has 0 aliphatic heterocycles. The number of fused-ring (bicyclic) bond motifs is 1. The quantitative estimate of drug-likeness (QED) is 0.285. The zero-order valence-electron chi connectivity index (χ0n) is 20.6. The first-order valence-electron chi connectivity index (χ1n) is 11.3. The van der Waals surface area contributed by atoms with E-state index in [-0.39, 0.29) is 50.6 Å².